The van der Waals surface area contributed by atoms with Gasteiger partial charge in [-0.25, -0.2) is 9.78 Å². The topological polar surface area (TPSA) is 68.3 Å². The molecule has 0 unspecified atom stereocenters. The average Bonchev–Trinajstić information content (AvgIpc) is 3.35. The first-order valence-electron chi connectivity index (χ1n) is 11.5. The van der Waals surface area contributed by atoms with Crippen LogP contribution >= 0.6 is 11.3 Å². The Kier molecular flexibility index (Phi) is 7.12. The lowest BCUT2D eigenvalue weighted by Gasteiger charge is -2.19. The number of benzene rings is 3. The van der Waals surface area contributed by atoms with Crippen molar-refractivity contribution in [3.63, 3.8) is 0 Å². The number of aromatic nitrogens is 1. The van der Waals surface area contributed by atoms with Crippen LogP contribution in [-0.4, -0.2) is 23.5 Å². The van der Waals surface area contributed by atoms with Crippen LogP contribution in [0.2, 0.25) is 0 Å². The number of ether oxygens (including phenoxy) is 1. The quantitative estimate of drug-likeness (QED) is 0.294. The summed E-state index contributed by atoms with van der Waals surface area (Å²) in [5.74, 6) is -0.592. The minimum atomic E-state index is -0.417. The number of nitrogens with one attached hydrogen (secondary N) is 1. The van der Waals surface area contributed by atoms with Crippen molar-refractivity contribution in [1.29, 1.82) is 0 Å². The van der Waals surface area contributed by atoms with Crippen molar-refractivity contribution < 1.29 is 14.3 Å². The Labute approximate surface area is 209 Å². The molecule has 0 fully saturated rings. The second-order valence-corrected chi connectivity index (χ2v) is 10.0. The van der Waals surface area contributed by atoms with Gasteiger partial charge in [0.15, 0.2) is 0 Å². The van der Waals surface area contributed by atoms with Crippen molar-refractivity contribution in [3.8, 4) is 22.4 Å². The summed E-state index contributed by atoms with van der Waals surface area (Å²) in [6, 6.07) is 23.4. The minimum absolute atomic E-state index is 0.0700. The molecule has 0 aliphatic carbocycles. The summed E-state index contributed by atoms with van der Waals surface area (Å²) in [6.07, 6.45) is 0. The molecule has 1 amide bonds. The highest BCUT2D eigenvalue weighted by Crippen LogP contribution is 2.29. The molecule has 0 saturated heterocycles. The molecule has 0 saturated carbocycles. The molecule has 178 valence electrons. The summed E-state index contributed by atoms with van der Waals surface area (Å²) in [5, 5.41) is 5.14. The molecule has 5 nitrogen and oxygen atoms in total. The number of rotatable bonds is 6. The molecule has 0 bridgehead atoms. The van der Waals surface area contributed by atoms with Gasteiger partial charge in [0, 0.05) is 22.2 Å². The van der Waals surface area contributed by atoms with Crippen LogP contribution in [0, 0.1) is 0 Å². The third-order valence-corrected chi connectivity index (χ3v) is 6.45. The fourth-order valence-corrected chi connectivity index (χ4v) is 4.42. The number of hydrogen-bond acceptors (Lipinski definition) is 5. The minimum Gasteiger partial charge on any atom is -0.461 e. The van der Waals surface area contributed by atoms with E-state index in [1.807, 2.05) is 53.9 Å². The molecule has 1 aromatic heterocycles. The van der Waals surface area contributed by atoms with E-state index in [0.29, 0.717) is 28.6 Å². The monoisotopic (exact) mass is 484 g/mol. The molecular formula is C29H28N2O3S. The highest BCUT2D eigenvalue weighted by Gasteiger charge is 2.17. The standard InChI is InChI=1S/C29H28N2O3S/c1-5-34-28(33)27-31-25(18-35-27)20-12-16-22(17-13-20)30-26(32)24-9-7-6-8-23(24)19-10-14-21(15-11-19)29(2,3)4/h6-18H,5H2,1-4H3,(H,30,32). The van der Waals surface area contributed by atoms with Crippen LogP contribution < -0.4 is 5.32 Å². The Morgan fingerprint density at radius 3 is 2.23 bits per heavy atom. The summed E-state index contributed by atoms with van der Waals surface area (Å²) in [4.78, 5) is 29.4. The fraction of sp³-hybridized carbons (Fsp3) is 0.207. The Bertz CT molecular complexity index is 1330. The van der Waals surface area contributed by atoms with E-state index in [4.69, 9.17) is 4.74 Å². The van der Waals surface area contributed by atoms with Crippen LogP contribution in [-0.2, 0) is 10.2 Å². The van der Waals surface area contributed by atoms with Crippen molar-refractivity contribution in [2.45, 2.75) is 33.1 Å². The summed E-state index contributed by atoms with van der Waals surface area (Å²) >= 11 is 1.25. The van der Waals surface area contributed by atoms with Gasteiger partial charge in [-0.05, 0) is 47.2 Å². The molecule has 0 aliphatic rings. The molecule has 1 N–H and O–H groups in total. The lowest BCUT2D eigenvalue weighted by molar-refractivity contribution is 0.0526. The van der Waals surface area contributed by atoms with Gasteiger partial charge in [0.1, 0.15) is 0 Å². The van der Waals surface area contributed by atoms with Gasteiger partial charge in [0.2, 0.25) is 5.01 Å². The van der Waals surface area contributed by atoms with Crippen LogP contribution in [0.3, 0.4) is 0 Å². The zero-order valence-corrected chi connectivity index (χ0v) is 21.1. The lowest BCUT2D eigenvalue weighted by Crippen LogP contribution is -2.13. The van der Waals surface area contributed by atoms with Crippen LogP contribution in [0.25, 0.3) is 22.4 Å². The highest BCUT2D eigenvalue weighted by molar-refractivity contribution is 7.11. The van der Waals surface area contributed by atoms with Crippen molar-refractivity contribution in [1.82, 2.24) is 4.98 Å². The molecule has 0 spiro atoms. The van der Waals surface area contributed by atoms with Crippen LogP contribution in [0.1, 0.15) is 53.4 Å². The largest absolute Gasteiger partial charge is 0.461 e. The van der Waals surface area contributed by atoms with E-state index in [9.17, 15) is 9.59 Å². The van der Waals surface area contributed by atoms with E-state index in [2.05, 4.69) is 55.3 Å². The van der Waals surface area contributed by atoms with E-state index in [1.54, 1.807) is 6.92 Å². The molecule has 1 heterocycles. The Morgan fingerprint density at radius 1 is 0.914 bits per heavy atom. The van der Waals surface area contributed by atoms with E-state index < -0.39 is 5.97 Å². The normalized spacial score (nSPS) is 11.2. The molecule has 6 heteroatoms. The van der Waals surface area contributed by atoms with Gasteiger partial charge in [-0.15, -0.1) is 11.3 Å². The average molecular weight is 485 g/mol. The smallest absolute Gasteiger partial charge is 0.367 e. The maximum absolute atomic E-state index is 13.2. The van der Waals surface area contributed by atoms with Crippen LogP contribution in [0.5, 0.6) is 0 Å². The Hall–Kier alpha value is -3.77. The van der Waals surface area contributed by atoms with E-state index in [0.717, 1.165) is 16.7 Å². The number of hydrogen-bond donors (Lipinski definition) is 1. The highest BCUT2D eigenvalue weighted by atomic mass is 32.1. The maximum Gasteiger partial charge on any atom is 0.367 e. The molecule has 0 aliphatic heterocycles. The van der Waals surface area contributed by atoms with Gasteiger partial charge in [-0.1, -0.05) is 75.4 Å². The van der Waals surface area contributed by atoms with E-state index in [-0.39, 0.29) is 11.3 Å². The second-order valence-electron chi connectivity index (χ2n) is 9.16. The Balaban J connectivity index is 1.51. The molecule has 4 aromatic rings. The van der Waals surface area contributed by atoms with Crippen molar-refractivity contribution in [3.05, 3.63) is 94.3 Å². The maximum atomic E-state index is 13.2. The summed E-state index contributed by atoms with van der Waals surface area (Å²) in [7, 11) is 0. The molecule has 35 heavy (non-hydrogen) atoms. The van der Waals surface area contributed by atoms with Crippen molar-refractivity contribution in [2.24, 2.45) is 0 Å². The number of anilines is 1. The number of amides is 1. The summed E-state index contributed by atoms with van der Waals surface area (Å²) in [6.45, 7) is 8.63. The first kappa shape index (κ1) is 24.4. The van der Waals surface area contributed by atoms with Gasteiger partial charge < -0.3 is 10.1 Å². The third-order valence-electron chi connectivity index (χ3n) is 5.63. The SMILES string of the molecule is CCOC(=O)c1nc(-c2ccc(NC(=O)c3ccccc3-c3ccc(C(C)(C)C)cc3)cc2)cs1. The number of carbonyl (C=O) groups excluding carboxylic acids is 2. The fourth-order valence-electron chi connectivity index (χ4n) is 3.70. The molecular weight excluding hydrogens is 456 g/mol. The molecule has 0 atom stereocenters. The third kappa shape index (κ3) is 5.66. The molecule has 3 aromatic carbocycles. The first-order chi connectivity index (χ1) is 16.8. The van der Waals surface area contributed by atoms with Crippen LogP contribution in [0.4, 0.5) is 5.69 Å². The summed E-state index contributed by atoms with van der Waals surface area (Å²) < 4.78 is 5.01. The number of thiazole rings is 1. The van der Waals surface area contributed by atoms with Crippen molar-refractivity contribution in [2.75, 3.05) is 11.9 Å². The zero-order chi connectivity index (χ0) is 25.0. The predicted molar refractivity (Wildman–Crippen MR) is 142 cm³/mol. The van der Waals surface area contributed by atoms with Gasteiger partial charge in [-0.2, -0.15) is 0 Å². The second kappa shape index (κ2) is 10.2. The predicted octanol–water partition coefficient (Wildman–Crippen LogP) is 7.20. The summed E-state index contributed by atoms with van der Waals surface area (Å²) in [5.41, 5.74) is 6.04. The van der Waals surface area contributed by atoms with Gasteiger partial charge >= 0.3 is 5.97 Å². The van der Waals surface area contributed by atoms with Crippen LogP contribution in [0.15, 0.2) is 78.2 Å². The van der Waals surface area contributed by atoms with Gasteiger partial charge in [-0.3, -0.25) is 4.79 Å². The lowest BCUT2D eigenvalue weighted by atomic mass is 9.86. The first-order valence-corrected chi connectivity index (χ1v) is 12.4. The van der Waals surface area contributed by atoms with Crippen molar-refractivity contribution >= 4 is 28.9 Å². The zero-order valence-electron chi connectivity index (χ0n) is 20.3. The van der Waals surface area contributed by atoms with E-state index in [1.165, 1.54) is 16.9 Å². The van der Waals surface area contributed by atoms with Gasteiger partial charge in [0.05, 0.1) is 12.3 Å². The number of nitrogens with zero attached hydrogens (tertiary/aromatic N) is 1. The number of esters is 1. The number of carbonyl (C=O) groups is 2. The van der Waals surface area contributed by atoms with E-state index >= 15 is 0 Å². The Morgan fingerprint density at radius 2 is 1.57 bits per heavy atom. The molecule has 0 radical (unpaired) electrons. The van der Waals surface area contributed by atoms with Gasteiger partial charge in [0.25, 0.3) is 5.91 Å². The molecule has 4 rings (SSSR count).